The van der Waals surface area contributed by atoms with Crippen LogP contribution in [0.5, 0.6) is 0 Å². The smallest absolute Gasteiger partial charge is 0.323 e. The summed E-state index contributed by atoms with van der Waals surface area (Å²) in [6.07, 6.45) is 0.673. The summed E-state index contributed by atoms with van der Waals surface area (Å²) in [7, 11) is 0. The molecule has 120 valence electrons. The summed E-state index contributed by atoms with van der Waals surface area (Å²) in [5.41, 5.74) is 1.85. The van der Waals surface area contributed by atoms with Crippen LogP contribution in [0.4, 0.5) is 21.9 Å². The van der Waals surface area contributed by atoms with Gasteiger partial charge in [-0.25, -0.2) is 4.79 Å². The average Bonchev–Trinajstić information content (AvgIpc) is 2.54. The lowest BCUT2D eigenvalue weighted by Crippen LogP contribution is -2.19. The lowest BCUT2D eigenvalue weighted by atomic mass is 10.2. The molecule has 4 N–H and O–H groups in total. The van der Waals surface area contributed by atoms with Gasteiger partial charge in [-0.2, -0.15) is 0 Å². The molecule has 0 heterocycles. The Morgan fingerprint density at radius 1 is 0.826 bits per heavy atom. The van der Waals surface area contributed by atoms with E-state index in [9.17, 15) is 9.59 Å². The van der Waals surface area contributed by atoms with Crippen molar-refractivity contribution in [1.82, 2.24) is 0 Å². The maximum atomic E-state index is 11.9. The van der Waals surface area contributed by atoms with Crippen LogP contribution in [0.2, 0.25) is 0 Å². The second-order valence-corrected chi connectivity index (χ2v) is 4.90. The fourth-order valence-corrected chi connectivity index (χ4v) is 1.95. The minimum Gasteiger partial charge on any atom is -0.396 e. The number of hydrogen-bond donors (Lipinski definition) is 4. The predicted octanol–water partition coefficient (Wildman–Crippen LogP) is 3.04. The summed E-state index contributed by atoms with van der Waals surface area (Å²) in [5, 5.41) is 16.8. The summed E-state index contributed by atoms with van der Waals surface area (Å²) < 4.78 is 0. The van der Waals surface area contributed by atoms with Crippen LogP contribution >= 0.6 is 0 Å². The van der Waals surface area contributed by atoms with E-state index >= 15 is 0 Å². The number of carbonyl (C=O) groups excluding carboxylic acids is 2. The van der Waals surface area contributed by atoms with E-state index < -0.39 is 0 Å². The van der Waals surface area contributed by atoms with Crippen molar-refractivity contribution in [2.24, 2.45) is 0 Å². The average molecular weight is 313 g/mol. The zero-order chi connectivity index (χ0) is 16.5. The number of urea groups is 1. The third-order valence-corrected chi connectivity index (χ3v) is 3.00. The lowest BCUT2D eigenvalue weighted by molar-refractivity contribution is -0.116. The van der Waals surface area contributed by atoms with E-state index in [2.05, 4.69) is 16.0 Å². The van der Waals surface area contributed by atoms with Gasteiger partial charge in [-0.15, -0.1) is 0 Å². The number of hydrogen-bond acceptors (Lipinski definition) is 3. The summed E-state index contributed by atoms with van der Waals surface area (Å²) in [6, 6.07) is 15.6. The normalized spacial score (nSPS) is 9.96. The fourth-order valence-electron chi connectivity index (χ4n) is 1.95. The molecule has 6 heteroatoms. The first-order valence-corrected chi connectivity index (χ1v) is 7.31. The minimum atomic E-state index is -0.361. The van der Waals surface area contributed by atoms with Gasteiger partial charge in [0.05, 0.1) is 0 Å². The van der Waals surface area contributed by atoms with Gasteiger partial charge in [0.2, 0.25) is 5.91 Å². The molecule has 0 aliphatic rings. The van der Waals surface area contributed by atoms with E-state index in [0.29, 0.717) is 23.5 Å². The zero-order valence-electron chi connectivity index (χ0n) is 12.6. The second-order valence-electron chi connectivity index (χ2n) is 4.90. The Kier molecular flexibility index (Phi) is 6.14. The first-order valence-electron chi connectivity index (χ1n) is 7.31. The molecule has 0 spiro atoms. The minimum absolute atomic E-state index is 0.0192. The molecule has 0 radical (unpaired) electrons. The maximum absolute atomic E-state index is 11.9. The van der Waals surface area contributed by atoms with Crippen molar-refractivity contribution in [3.63, 3.8) is 0 Å². The predicted molar refractivity (Wildman–Crippen MR) is 90.5 cm³/mol. The van der Waals surface area contributed by atoms with Gasteiger partial charge in [0.15, 0.2) is 0 Å². The molecule has 2 aromatic rings. The van der Waals surface area contributed by atoms with Crippen molar-refractivity contribution >= 4 is 29.0 Å². The van der Waals surface area contributed by atoms with Gasteiger partial charge in [0, 0.05) is 30.1 Å². The van der Waals surface area contributed by atoms with Gasteiger partial charge < -0.3 is 21.1 Å². The fraction of sp³-hybridized carbons (Fsp3) is 0.176. The number of amides is 3. The molecule has 3 amide bonds. The van der Waals surface area contributed by atoms with E-state index in [1.165, 1.54) is 0 Å². The molecule has 0 aliphatic heterocycles. The van der Waals surface area contributed by atoms with Crippen molar-refractivity contribution in [3.8, 4) is 0 Å². The van der Waals surface area contributed by atoms with Crippen molar-refractivity contribution in [2.45, 2.75) is 12.8 Å². The van der Waals surface area contributed by atoms with Crippen molar-refractivity contribution < 1.29 is 14.7 Å². The van der Waals surface area contributed by atoms with Gasteiger partial charge in [0.25, 0.3) is 0 Å². The standard InChI is InChI=1S/C17H19N3O3/c21-11-5-10-16(22)18-14-8-4-9-15(12-14)20-17(23)19-13-6-2-1-3-7-13/h1-4,6-9,12,21H,5,10-11H2,(H,18,22)(H2,19,20,23). The summed E-state index contributed by atoms with van der Waals surface area (Å²) in [4.78, 5) is 23.5. The van der Waals surface area contributed by atoms with Crippen LogP contribution < -0.4 is 16.0 Å². The Morgan fingerprint density at radius 2 is 1.43 bits per heavy atom. The molecule has 0 bridgehead atoms. The zero-order valence-corrected chi connectivity index (χ0v) is 12.6. The molecular formula is C17H19N3O3. The monoisotopic (exact) mass is 313 g/mol. The molecule has 0 unspecified atom stereocenters. The van der Waals surface area contributed by atoms with Crippen LogP contribution in [0.25, 0.3) is 0 Å². The molecule has 6 nitrogen and oxygen atoms in total. The third-order valence-electron chi connectivity index (χ3n) is 3.00. The van der Waals surface area contributed by atoms with Crippen LogP contribution in [-0.2, 0) is 4.79 Å². The van der Waals surface area contributed by atoms with Crippen molar-refractivity contribution in [3.05, 3.63) is 54.6 Å². The van der Waals surface area contributed by atoms with Crippen molar-refractivity contribution in [1.29, 1.82) is 0 Å². The molecule has 0 saturated heterocycles. The molecule has 23 heavy (non-hydrogen) atoms. The molecule has 0 aromatic heterocycles. The molecular weight excluding hydrogens is 294 g/mol. The molecule has 0 aliphatic carbocycles. The molecule has 0 saturated carbocycles. The Bertz CT molecular complexity index is 659. The number of nitrogens with one attached hydrogen (secondary N) is 3. The van der Waals surface area contributed by atoms with Gasteiger partial charge in [0.1, 0.15) is 0 Å². The highest BCUT2D eigenvalue weighted by molar-refractivity contribution is 6.00. The number of aliphatic hydroxyl groups excluding tert-OH is 1. The summed E-state index contributed by atoms with van der Waals surface area (Å²) in [5.74, 6) is -0.176. The van der Waals surface area contributed by atoms with Crippen LogP contribution in [0.3, 0.4) is 0 Å². The van der Waals surface area contributed by atoms with E-state index in [1.54, 1.807) is 36.4 Å². The molecule has 0 atom stereocenters. The van der Waals surface area contributed by atoms with Crippen LogP contribution in [-0.4, -0.2) is 23.7 Å². The summed E-state index contributed by atoms with van der Waals surface area (Å²) >= 11 is 0. The summed E-state index contributed by atoms with van der Waals surface area (Å²) in [6.45, 7) is -0.0192. The highest BCUT2D eigenvalue weighted by Gasteiger charge is 2.05. The number of rotatable bonds is 6. The second kappa shape index (κ2) is 8.55. The Labute approximate surface area is 134 Å². The van der Waals surface area contributed by atoms with E-state index in [1.807, 2.05) is 18.2 Å². The Balaban J connectivity index is 1.91. The van der Waals surface area contributed by atoms with Crippen LogP contribution in [0.15, 0.2) is 54.6 Å². The third kappa shape index (κ3) is 5.80. The number of aliphatic hydroxyl groups is 1. The maximum Gasteiger partial charge on any atom is 0.323 e. The van der Waals surface area contributed by atoms with Crippen LogP contribution in [0, 0.1) is 0 Å². The first kappa shape index (κ1) is 16.5. The number of para-hydroxylation sites is 1. The molecule has 0 fully saturated rings. The SMILES string of the molecule is O=C(CCCO)Nc1cccc(NC(=O)Nc2ccccc2)c1. The van der Waals surface area contributed by atoms with Crippen molar-refractivity contribution in [2.75, 3.05) is 22.6 Å². The largest absolute Gasteiger partial charge is 0.396 e. The van der Waals surface area contributed by atoms with Gasteiger partial charge in [-0.3, -0.25) is 4.79 Å². The number of carbonyl (C=O) groups is 2. The van der Waals surface area contributed by atoms with Crippen LogP contribution in [0.1, 0.15) is 12.8 Å². The Hall–Kier alpha value is -2.86. The highest BCUT2D eigenvalue weighted by Crippen LogP contribution is 2.16. The molecule has 2 aromatic carbocycles. The van der Waals surface area contributed by atoms with E-state index in [4.69, 9.17) is 5.11 Å². The van der Waals surface area contributed by atoms with Gasteiger partial charge >= 0.3 is 6.03 Å². The van der Waals surface area contributed by atoms with Gasteiger partial charge in [-0.1, -0.05) is 24.3 Å². The topological polar surface area (TPSA) is 90.5 Å². The van der Waals surface area contributed by atoms with E-state index in [0.717, 1.165) is 0 Å². The Morgan fingerprint density at radius 3 is 2.13 bits per heavy atom. The van der Waals surface area contributed by atoms with Gasteiger partial charge in [-0.05, 0) is 36.8 Å². The first-order chi connectivity index (χ1) is 11.2. The molecule has 2 rings (SSSR count). The highest BCUT2D eigenvalue weighted by atomic mass is 16.3. The lowest BCUT2D eigenvalue weighted by Gasteiger charge is -2.10. The quantitative estimate of drug-likeness (QED) is 0.660. The van der Waals surface area contributed by atoms with E-state index in [-0.39, 0.29) is 25.0 Å². The number of anilines is 3. The number of benzene rings is 2.